The summed E-state index contributed by atoms with van der Waals surface area (Å²) in [5.74, 6) is 0. The van der Waals surface area contributed by atoms with Crippen LogP contribution in [0.3, 0.4) is 0 Å². The molecule has 1 heteroatoms. The molecule has 2 rings (SSSR count). The lowest BCUT2D eigenvalue weighted by Crippen LogP contribution is -2.37. The fourth-order valence-electron chi connectivity index (χ4n) is 3.28. The number of aryl methyl sites for hydroxylation is 2. The fraction of sp³-hybridized carbons (Fsp3) is 0.600. The maximum absolute atomic E-state index is 3.64. The van der Waals surface area contributed by atoms with Crippen molar-refractivity contribution in [3.05, 3.63) is 34.9 Å². The molecule has 0 bridgehead atoms. The minimum Gasteiger partial charge on any atom is -0.313 e. The van der Waals surface area contributed by atoms with Crippen LogP contribution in [0.2, 0.25) is 0 Å². The normalized spacial score (nSPS) is 29.6. The van der Waals surface area contributed by atoms with Gasteiger partial charge in [-0.1, -0.05) is 37.6 Å². The molecule has 0 amide bonds. The summed E-state index contributed by atoms with van der Waals surface area (Å²) < 4.78 is 0. The van der Waals surface area contributed by atoms with E-state index in [1.54, 1.807) is 0 Å². The summed E-state index contributed by atoms with van der Waals surface area (Å²) >= 11 is 0. The second kappa shape index (κ2) is 4.21. The van der Waals surface area contributed by atoms with Gasteiger partial charge in [-0.3, -0.25) is 0 Å². The van der Waals surface area contributed by atoms with Gasteiger partial charge in [0.25, 0.3) is 0 Å². The van der Waals surface area contributed by atoms with Crippen LogP contribution in [-0.4, -0.2) is 12.6 Å². The molecule has 1 aromatic rings. The Morgan fingerprint density at radius 3 is 2.75 bits per heavy atom. The predicted octanol–water partition coefficient (Wildman–Crippen LogP) is 3.33. The maximum Gasteiger partial charge on any atom is 0.0159 e. The largest absolute Gasteiger partial charge is 0.313 e. The Kier molecular flexibility index (Phi) is 3.07. The molecule has 88 valence electrons. The Morgan fingerprint density at radius 1 is 1.38 bits per heavy atom. The molecular weight excluding hydrogens is 194 g/mol. The van der Waals surface area contributed by atoms with Gasteiger partial charge in [-0.25, -0.2) is 0 Å². The molecule has 16 heavy (non-hydrogen) atoms. The summed E-state index contributed by atoms with van der Waals surface area (Å²) in [6, 6.07) is 7.53. The summed E-state index contributed by atoms with van der Waals surface area (Å²) in [5, 5.41) is 3.64. The second-order valence-corrected chi connectivity index (χ2v) is 5.40. The Hall–Kier alpha value is -0.820. The van der Waals surface area contributed by atoms with Gasteiger partial charge in [0.05, 0.1) is 0 Å². The standard InChI is InChI=1S/C15H23N/c1-5-14-15(4,8-9-16-14)13-7-6-11(2)10-12(13)3/h6-7,10,14,16H,5,8-9H2,1-4H3. The molecule has 2 atom stereocenters. The van der Waals surface area contributed by atoms with E-state index in [1.807, 2.05) is 0 Å². The van der Waals surface area contributed by atoms with Crippen LogP contribution < -0.4 is 5.32 Å². The Bertz CT molecular complexity index is 383. The first kappa shape index (κ1) is 11.7. The monoisotopic (exact) mass is 217 g/mol. The average Bonchev–Trinajstić information content (AvgIpc) is 2.60. The summed E-state index contributed by atoms with van der Waals surface area (Å²) in [6.07, 6.45) is 2.47. The van der Waals surface area contributed by atoms with Gasteiger partial charge < -0.3 is 5.32 Å². The van der Waals surface area contributed by atoms with Gasteiger partial charge in [-0.2, -0.15) is 0 Å². The van der Waals surface area contributed by atoms with Crippen molar-refractivity contribution >= 4 is 0 Å². The van der Waals surface area contributed by atoms with Crippen LogP contribution in [0.4, 0.5) is 0 Å². The van der Waals surface area contributed by atoms with E-state index >= 15 is 0 Å². The lowest BCUT2D eigenvalue weighted by molar-refractivity contribution is 0.391. The van der Waals surface area contributed by atoms with Gasteiger partial charge in [-0.05, 0) is 44.4 Å². The molecule has 0 spiro atoms. The number of hydrogen-bond acceptors (Lipinski definition) is 1. The van der Waals surface area contributed by atoms with E-state index < -0.39 is 0 Å². The van der Waals surface area contributed by atoms with Gasteiger partial charge in [0.1, 0.15) is 0 Å². The van der Waals surface area contributed by atoms with Gasteiger partial charge >= 0.3 is 0 Å². The molecule has 1 nitrogen and oxygen atoms in total. The van der Waals surface area contributed by atoms with Crippen molar-refractivity contribution in [1.29, 1.82) is 0 Å². The number of nitrogens with one attached hydrogen (secondary N) is 1. The SMILES string of the molecule is CCC1NCCC1(C)c1ccc(C)cc1C. The van der Waals surface area contributed by atoms with Crippen molar-refractivity contribution in [3.63, 3.8) is 0 Å². The smallest absolute Gasteiger partial charge is 0.0159 e. The molecule has 0 aromatic heterocycles. The zero-order chi connectivity index (χ0) is 11.8. The van der Waals surface area contributed by atoms with E-state index in [9.17, 15) is 0 Å². The molecule has 1 heterocycles. The van der Waals surface area contributed by atoms with Crippen molar-refractivity contribution in [2.24, 2.45) is 0 Å². The quantitative estimate of drug-likeness (QED) is 0.801. The molecule has 1 aromatic carbocycles. The summed E-state index contributed by atoms with van der Waals surface area (Å²) in [4.78, 5) is 0. The van der Waals surface area contributed by atoms with Crippen molar-refractivity contribution in [2.45, 2.75) is 52.0 Å². The zero-order valence-corrected chi connectivity index (χ0v) is 10.9. The third kappa shape index (κ3) is 1.78. The van der Waals surface area contributed by atoms with Gasteiger partial charge in [0, 0.05) is 11.5 Å². The Morgan fingerprint density at radius 2 is 2.12 bits per heavy atom. The Labute approximate surface area is 99.3 Å². The van der Waals surface area contributed by atoms with Gasteiger partial charge in [0.15, 0.2) is 0 Å². The first-order valence-electron chi connectivity index (χ1n) is 6.39. The molecule has 1 saturated heterocycles. The van der Waals surface area contributed by atoms with Crippen LogP contribution in [0.1, 0.15) is 43.4 Å². The minimum absolute atomic E-state index is 0.326. The highest BCUT2D eigenvalue weighted by Gasteiger charge is 2.39. The van der Waals surface area contributed by atoms with Crippen molar-refractivity contribution in [3.8, 4) is 0 Å². The lowest BCUT2D eigenvalue weighted by atomic mass is 9.73. The van der Waals surface area contributed by atoms with Gasteiger partial charge in [0.2, 0.25) is 0 Å². The van der Waals surface area contributed by atoms with Gasteiger partial charge in [-0.15, -0.1) is 0 Å². The first-order valence-corrected chi connectivity index (χ1v) is 6.39. The Balaban J connectivity index is 2.42. The van der Waals surface area contributed by atoms with Crippen molar-refractivity contribution < 1.29 is 0 Å². The molecule has 0 saturated carbocycles. The average molecular weight is 217 g/mol. The van der Waals surface area contributed by atoms with Crippen molar-refractivity contribution in [2.75, 3.05) is 6.54 Å². The molecule has 2 unspecified atom stereocenters. The number of rotatable bonds is 2. The topological polar surface area (TPSA) is 12.0 Å². The minimum atomic E-state index is 0.326. The van der Waals surface area contributed by atoms with E-state index in [0.717, 1.165) is 6.54 Å². The zero-order valence-electron chi connectivity index (χ0n) is 10.9. The molecule has 1 N–H and O–H groups in total. The highest BCUT2D eigenvalue weighted by Crippen LogP contribution is 2.38. The molecule has 1 aliphatic heterocycles. The van der Waals surface area contributed by atoms with E-state index in [2.05, 4.69) is 51.2 Å². The van der Waals surface area contributed by atoms with Crippen LogP contribution in [0.25, 0.3) is 0 Å². The number of benzene rings is 1. The second-order valence-electron chi connectivity index (χ2n) is 5.40. The van der Waals surface area contributed by atoms with Crippen LogP contribution in [0, 0.1) is 13.8 Å². The van der Waals surface area contributed by atoms with E-state index in [-0.39, 0.29) is 0 Å². The van der Waals surface area contributed by atoms with Crippen LogP contribution >= 0.6 is 0 Å². The highest BCUT2D eigenvalue weighted by atomic mass is 15.0. The predicted molar refractivity (Wildman–Crippen MR) is 70.0 cm³/mol. The maximum atomic E-state index is 3.64. The van der Waals surface area contributed by atoms with Crippen molar-refractivity contribution in [1.82, 2.24) is 5.32 Å². The molecule has 0 radical (unpaired) electrons. The summed E-state index contributed by atoms with van der Waals surface area (Å²) in [7, 11) is 0. The molecule has 0 aliphatic carbocycles. The summed E-state index contributed by atoms with van der Waals surface area (Å²) in [6.45, 7) is 10.3. The lowest BCUT2D eigenvalue weighted by Gasteiger charge is -2.32. The highest BCUT2D eigenvalue weighted by molar-refractivity contribution is 5.38. The molecular formula is C15H23N. The van der Waals surface area contributed by atoms with Crippen LogP contribution in [0.5, 0.6) is 0 Å². The first-order chi connectivity index (χ1) is 7.58. The van der Waals surface area contributed by atoms with Crippen LogP contribution in [0.15, 0.2) is 18.2 Å². The third-order valence-electron chi connectivity index (χ3n) is 4.21. The van der Waals surface area contributed by atoms with E-state index in [4.69, 9.17) is 0 Å². The van der Waals surface area contributed by atoms with Crippen LogP contribution in [-0.2, 0) is 5.41 Å². The summed E-state index contributed by atoms with van der Waals surface area (Å²) in [5.41, 5.74) is 4.68. The van der Waals surface area contributed by atoms with E-state index in [1.165, 1.54) is 29.5 Å². The fourth-order valence-corrected chi connectivity index (χ4v) is 3.28. The number of hydrogen-bond donors (Lipinski definition) is 1. The molecule has 1 fully saturated rings. The third-order valence-corrected chi connectivity index (χ3v) is 4.21. The van der Waals surface area contributed by atoms with E-state index in [0.29, 0.717) is 11.5 Å². The molecule has 1 aliphatic rings.